The van der Waals surface area contributed by atoms with E-state index in [1.54, 1.807) is 55.7 Å². The molecule has 0 N–H and O–H groups in total. The van der Waals surface area contributed by atoms with Crippen LogP contribution in [0.15, 0.2) is 65.8 Å². The SMILES string of the molecule is CCOC(=O)Cn1ccn(-c2cccc3c2cnn3-c2ccccc2F)c1=O. The smallest absolute Gasteiger partial charge is 0.333 e. The highest BCUT2D eigenvalue weighted by molar-refractivity contribution is 5.88. The topological polar surface area (TPSA) is 71.0 Å². The molecule has 0 saturated carbocycles. The summed E-state index contributed by atoms with van der Waals surface area (Å²) < 4.78 is 23.3. The molecule has 0 amide bonds. The van der Waals surface area contributed by atoms with Gasteiger partial charge in [0.15, 0.2) is 0 Å². The van der Waals surface area contributed by atoms with E-state index in [9.17, 15) is 14.0 Å². The molecular weight excluding hydrogens is 363 g/mol. The van der Waals surface area contributed by atoms with Gasteiger partial charge in [-0.25, -0.2) is 13.9 Å². The first kappa shape index (κ1) is 17.7. The van der Waals surface area contributed by atoms with Crippen molar-refractivity contribution in [2.45, 2.75) is 13.5 Å². The van der Waals surface area contributed by atoms with E-state index >= 15 is 0 Å². The fraction of sp³-hybridized carbons (Fsp3) is 0.150. The van der Waals surface area contributed by atoms with Crippen molar-refractivity contribution in [2.75, 3.05) is 6.61 Å². The van der Waals surface area contributed by atoms with Gasteiger partial charge in [-0.2, -0.15) is 5.10 Å². The molecule has 142 valence electrons. The highest BCUT2D eigenvalue weighted by Crippen LogP contribution is 2.24. The van der Waals surface area contributed by atoms with Gasteiger partial charge >= 0.3 is 11.7 Å². The Kier molecular flexibility index (Phi) is 4.52. The van der Waals surface area contributed by atoms with E-state index < -0.39 is 11.8 Å². The van der Waals surface area contributed by atoms with Gasteiger partial charge in [0.1, 0.15) is 18.0 Å². The van der Waals surface area contributed by atoms with Gasteiger partial charge in [0.25, 0.3) is 0 Å². The minimum atomic E-state index is -0.479. The number of para-hydroxylation sites is 1. The number of hydrogen-bond acceptors (Lipinski definition) is 4. The summed E-state index contributed by atoms with van der Waals surface area (Å²) in [5.74, 6) is -0.872. The highest BCUT2D eigenvalue weighted by Gasteiger charge is 2.15. The molecule has 0 atom stereocenters. The van der Waals surface area contributed by atoms with E-state index in [4.69, 9.17) is 4.74 Å². The van der Waals surface area contributed by atoms with Crippen molar-refractivity contribution in [2.24, 2.45) is 0 Å². The van der Waals surface area contributed by atoms with Crippen molar-refractivity contribution in [1.29, 1.82) is 0 Å². The molecule has 0 radical (unpaired) electrons. The lowest BCUT2D eigenvalue weighted by Gasteiger charge is -2.07. The van der Waals surface area contributed by atoms with Crippen LogP contribution in [0.1, 0.15) is 6.92 Å². The summed E-state index contributed by atoms with van der Waals surface area (Å²) in [5, 5.41) is 4.98. The molecular formula is C20H17FN4O3. The predicted octanol–water partition coefficient (Wildman–Crippen LogP) is 2.68. The molecule has 2 aromatic heterocycles. The Morgan fingerprint density at radius 3 is 2.68 bits per heavy atom. The first-order valence-corrected chi connectivity index (χ1v) is 8.75. The van der Waals surface area contributed by atoms with Gasteiger partial charge < -0.3 is 4.74 Å². The Morgan fingerprint density at radius 1 is 1.11 bits per heavy atom. The average molecular weight is 380 g/mol. The predicted molar refractivity (Wildman–Crippen MR) is 101 cm³/mol. The van der Waals surface area contributed by atoms with Gasteiger partial charge in [-0.15, -0.1) is 0 Å². The standard InChI is InChI=1S/C20H17FN4O3/c1-2-28-19(26)13-23-10-11-24(20(23)27)16-8-5-9-17-14(16)12-22-25(17)18-7-4-3-6-15(18)21/h3-12H,2,13H2,1H3. The molecule has 2 aromatic carbocycles. The number of aromatic nitrogens is 4. The van der Waals surface area contributed by atoms with Crippen LogP contribution < -0.4 is 5.69 Å². The number of ether oxygens (including phenoxy) is 1. The first-order valence-electron chi connectivity index (χ1n) is 8.75. The summed E-state index contributed by atoms with van der Waals surface area (Å²) in [6.45, 7) is 1.80. The molecule has 0 spiro atoms. The second-order valence-corrected chi connectivity index (χ2v) is 6.10. The Balaban J connectivity index is 1.79. The molecule has 28 heavy (non-hydrogen) atoms. The zero-order chi connectivity index (χ0) is 19.7. The van der Waals surface area contributed by atoms with Crippen LogP contribution >= 0.6 is 0 Å². The van der Waals surface area contributed by atoms with Crippen LogP contribution in [-0.4, -0.2) is 31.5 Å². The summed E-state index contributed by atoms with van der Waals surface area (Å²) >= 11 is 0. The van der Waals surface area contributed by atoms with Crippen molar-refractivity contribution in [1.82, 2.24) is 18.9 Å². The summed E-state index contributed by atoms with van der Waals surface area (Å²) in [6, 6.07) is 11.7. The molecule has 0 aliphatic heterocycles. The van der Waals surface area contributed by atoms with Crippen LogP contribution in [-0.2, 0) is 16.1 Å². The van der Waals surface area contributed by atoms with Crippen molar-refractivity contribution < 1.29 is 13.9 Å². The molecule has 4 rings (SSSR count). The molecule has 0 saturated heterocycles. The summed E-state index contributed by atoms with van der Waals surface area (Å²) in [6.07, 6.45) is 4.70. The quantitative estimate of drug-likeness (QED) is 0.499. The molecule has 8 heteroatoms. The maximum absolute atomic E-state index is 14.2. The van der Waals surface area contributed by atoms with E-state index in [-0.39, 0.29) is 18.8 Å². The number of nitrogens with zero attached hydrogens (tertiary/aromatic N) is 4. The van der Waals surface area contributed by atoms with E-state index in [2.05, 4.69) is 5.10 Å². The normalized spacial score (nSPS) is 11.1. The van der Waals surface area contributed by atoms with Crippen LogP contribution in [0.4, 0.5) is 4.39 Å². The summed E-state index contributed by atoms with van der Waals surface area (Å²) in [4.78, 5) is 24.4. The van der Waals surface area contributed by atoms with Gasteiger partial charge in [0, 0.05) is 17.8 Å². The van der Waals surface area contributed by atoms with Crippen LogP contribution in [0, 0.1) is 5.82 Å². The molecule has 0 aliphatic carbocycles. The maximum Gasteiger partial charge on any atom is 0.333 e. The summed E-state index contributed by atoms with van der Waals surface area (Å²) in [5.41, 5.74) is 1.20. The third kappa shape index (κ3) is 2.98. The number of carbonyl (C=O) groups excluding carboxylic acids is 1. The van der Waals surface area contributed by atoms with E-state index in [1.165, 1.54) is 26.1 Å². The lowest BCUT2D eigenvalue weighted by molar-refractivity contribution is -0.143. The van der Waals surface area contributed by atoms with Crippen molar-refractivity contribution in [3.63, 3.8) is 0 Å². The van der Waals surface area contributed by atoms with Crippen molar-refractivity contribution in [3.05, 3.63) is 77.4 Å². The third-order valence-corrected chi connectivity index (χ3v) is 4.38. The number of halogens is 1. The number of hydrogen-bond donors (Lipinski definition) is 0. The van der Waals surface area contributed by atoms with E-state index in [1.807, 2.05) is 0 Å². The Bertz CT molecular complexity index is 1220. The lowest BCUT2D eigenvalue weighted by atomic mass is 10.2. The van der Waals surface area contributed by atoms with Gasteiger partial charge in [0.05, 0.1) is 24.0 Å². The molecule has 0 bridgehead atoms. The van der Waals surface area contributed by atoms with E-state index in [0.717, 1.165) is 0 Å². The maximum atomic E-state index is 14.2. The largest absolute Gasteiger partial charge is 0.465 e. The lowest BCUT2D eigenvalue weighted by Crippen LogP contribution is -2.26. The second-order valence-electron chi connectivity index (χ2n) is 6.10. The number of imidazole rings is 1. The monoisotopic (exact) mass is 380 g/mol. The molecule has 0 aliphatic rings. The Hall–Kier alpha value is -3.68. The minimum absolute atomic E-state index is 0.163. The number of carbonyl (C=O) groups is 1. The zero-order valence-corrected chi connectivity index (χ0v) is 15.1. The molecule has 7 nitrogen and oxygen atoms in total. The van der Waals surface area contributed by atoms with Crippen molar-refractivity contribution in [3.8, 4) is 11.4 Å². The van der Waals surface area contributed by atoms with E-state index in [0.29, 0.717) is 22.3 Å². The highest BCUT2D eigenvalue weighted by atomic mass is 19.1. The van der Waals surface area contributed by atoms with Crippen LogP contribution in [0.3, 0.4) is 0 Å². The third-order valence-electron chi connectivity index (χ3n) is 4.38. The number of rotatable bonds is 5. The average Bonchev–Trinajstić information content (AvgIpc) is 3.27. The number of fused-ring (bicyclic) bond motifs is 1. The number of benzene rings is 2. The molecule has 0 fully saturated rings. The molecule has 4 aromatic rings. The van der Waals surface area contributed by atoms with Crippen LogP contribution in [0.5, 0.6) is 0 Å². The van der Waals surface area contributed by atoms with Gasteiger partial charge in [-0.1, -0.05) is 18.2 Å². The second kappa shape index (κ2) is 7.15. The fourth-order valence-electron chi connectivity index (χ4n) is 3.12. The minimum Gasteiger partial charge on any atom is -0.465 e. The number of esters is 1. The Labute approximate surface area is 159 Å². The zero-order valence-electron chi connectivity index (χ0n) is 15.1. The summed E-state index contributed by atoms with van der Waals surface area (Å²) in [7, 11) is 0. The fourth-order valence-corrected chi connectivity index (χ4v) is 3.12. The van der Waals surface area contributed by atoms with Gasteiger partial charge in [0.2, 0.25) is 0 Å². The van der Waals surface area contributed by atoms with Gasteiger partial charge in [-0.3, -0.25) is 13.9 Å². The van der Waals surface area contributed by atoms with Crippen molar-refractivity contribution >= 4 is 16.9 Å². The van der Waals surface area contributed by atoms with Gasteiger partial charge in [-0.05, 0) is 31.2 Å². The molecule has 2 heterocycles. The first-order chi connectivity index (χ1) is 13.6. The van der Waals surface area contributed by atoms with Crippen LogP contribution in [0.2, 0.25) is 0 Å². The molecule has 0 unspecified atom stereocenters. The Morgan fingerprint density at radius 2 is 1.89 bits per heavy atom. The van der Waals surface area contributed by atoms with Crippen LogP contribution in [0.25, 0.3) is 22.3 Å².